The first kappa shape index (κ1) is 17.2. The van der Waals surface area contributed by atoms with Crippen molar-refractivity contribution in [1.82, 2.24) is 5.32 Å². The summed E-state index contributed by atoms with van der Waals surface area (Å²) >= 11 is 0. The van der Waals surface area contributed by atoms with Crippen molar-refractivity contribution in [3.63, 3.8) is 0 Å². The molecule has 1 heteroatoms. The van der Waals surface area contributed by atoms with E-state index >= 15 is 0 Å². The first-order valence-corrected chi connectivity index (χ1v) is 6.98. The number of rotatable bonds is 2. The van der Waals surface area contributed by atoms with Crippen LogP contribution in [0, 0.1) is 6.92 Å². The van der Waals surface area contributed by atoms with E-state index in [1.165, 1.54) is 16.3 Å². The van der Waals surface area contributed by atoms with Gasteiger partial charge in [-0.15, -0.1) is 0 Å². The van der Waals surface area contributed by atoms with Crippen LogP contribution in [0.1, 0.15) is 33.3 Å². The molecule has 1 nitrogen and oxygen atoms in total. The quantitative estimate of drug-likeness (QED) is 0.769. The van der Waals surface area contributed by atoms with Gasteiger partial charge < -0.3 is 5.32 Å². The third-order valence-electron chi connectivity index (χ3n) is 2.38. The Morgan fingerprint density at radius 1 is 1.05 bits per heavy atom. The summed E-state index contributed by atoms with van der Waals surface area (Å²) in [6.07, 6.45) is 0. The zero-order chi connectivity index (χ0) is 14.7. The fraction of sp³-hybridized carbons (Fsp3) is 0.333. The van der Waals surface area contributed by atoms with Crippen LogP contribution in [0.2, 0.25) is 0 Å². The molecule has 0 amide bonds. The second-order valence-corrected chi connectivity index (χ2v) is 4.16. The van der Waals surface area contributed by atoms with E-state index in [0.717, 1.165) is 12.2 Å². The summed E-state index contributed by atoms with van der Waals surface area (Å²) in [6.45, 7) is 14.7. The van der Waals surface area contributed by atoms with Crippen molar-refractivity contribution in [2.45, 2.75) is 34.6 Å². The first-order chi connectivity index (χ1) is 9.13. The molecule has 0 radical (unpaired) electrons. The summed E-state index contributed by atoms with van der Waals surface area (Å²) in [5.41, 5.74) is 2.36. The maximum atomic E-state index is 3.63. The van der Waals surface area contributed by atoms with Gasteiger partial charge in [-0.05, 0) is 31.5 Å². The molecule has 0 aliphatic carbocycles. The molecule has 0 saturated carbocycles. The van der Waals surface area contributed by atoms with Crippen molar-refractivity contribution >= 4 is 10.8 Å². The van der Waals surface area contributed by atoms with Gasteiger partial charge in [0, 0.05) is 12.2 Å². The van der Waals surface area contributed by atoms with Crippen LogP contribution in [-0.4, -0.2) is 6.54 Å². The Morgan fingerprint density at radius 2 is 1.63 bits per heavy atom. The average molecular weight is 257 g/mol. The molecule has 2 aromatic carbocycles. The minimum absolute atomic E-state index is 0.981. The standard InChI is InChI=1S/C11H10.C5H11N.C2H6/c1-9-6-7-10-4-2-3-5-11(10)8-9;1-4-6-5(2)3;1-2/h2-8H,1H3;6H,2,4H2,1,3H3;1-2H3. The summed E-state index contributed by atoms with van der Waals surface area (Å²) in [5, 5.41) is 5.66. The van der Waals surface area contributed by atoms with E-state index in [2.05, 4.69) is 68.2 Å². The SMILES string of the molecule is C=C(C)NCC.CC.Cc1ccc2ccccc2c1. The predicted molar refractivity (Wildman–Crippen MR) is 88.5 cm³/mol. The minimum atomic E-state index is 0.981. The number of hydrogen-bond donors (Lipinski definition) is 1. The molecular weight excluding hydrogens is 230 g/mol. The summed E-state index contributed by atoms with van der Waals surface area (Å²) in [7, 11) is 0. The van der Waals surface area contributed by atoms with Crippen LogP contribution < -0.4 is 5.32 Å². The normalized spacial score (nSPS) is 8.68. The van der Waals surface area contributed by atoms with E-state index < -0.39 is 0 Å². The van der Waals surface area contributed by atoms with Crippen molar-refractivity contribution < 1.29 is 0 Å². The third kappa shape index (κ3) is 7.30. The van der Waals surface area contributed by atoms with Gasteiger partial charge in [0.1, 0.15) is 0 Å². The molecule has 0 aromatic heterocycles. The third-order valence-corrected chi connectivity index (χ3v) is 2.38. The fourth-order valence-electron chi connectivity index (χ4n) is 1.61. The van der Waals surface area contributed by atoms with Crippen molar-refractivity contribution in [2.75, 3.05) is 6.54 Å². The highest BCUT2D eigenvalue weighted by Gasteiger charge is 1.89. The smallest absolute Gasteiger partial charge is 0.0115 e. The molecular formula is C18H27N. The van der Waals surface area contributed by atoms with Gasteiger partial charge in [-0.3, -0.25) is 0 Å². The Balaban J connectivity index is 0.000000350. The Bertz CT molecular complexity index is 486. The van der Waals surface area contributed by atoms with Crippen LogP contribution in [0.25, 0.3) is 10.8 Å². The van der Waals surface area contributed by atoms with Crippen LogP contribution in [0.5, 0.6) is 0 Å². The van der Waals surface area contributed by atoms with Crippen LogP contribution in [0.4, 0.5) is 0 Å². The van der Waals surface area contributed by atoms with Crippen LogP contribution in [0.3, 0.4) is 0 Å². The van der Waals surface area contributed by atoms with Crippen LogP contribution >= 0.6 is 0 Å². The maximum Gasteiger partial charge on any atom is 0.0115 e. The molecule has 104 valence electrons. The van der Waals surface area contributed by atoms with Gasteiger partial charge in [-0.2, -0.15) is 0 Å². The van der Waals surface area contributed by atoms with Gasteiger partial charge in [0.05, 0.1) is 0 Å². The number of fused-ring (bicyclic) bond motifs is 1. The zero-order valence-electron chi connectivity index (χ0n) is 13.0. The lowest BCUT2D eigenvalue weighted by atomic mass is 10.1. The van der Waals surface area contributed by atoms with Crippen LogP contribution in [-0.2, 0) is 0 Å². The molecule has 0 aliphatic rings. The highest BCUT2D eigenvalue weighted by Crippen LogP contribution is 2.14. The molecule has 2 rings (SSSR count). The van der Waals surface area contributed by atoms with Gasteiger partial charge in [0.15, 0.2) is 0 Å². The number of allylic oxidation sites excluding steroid dienone is 1. The molecule has 0 heterocycles. The van der Waals surface area contributed by atoms with Gasteiger partial charge in [-0.25, -0.2) is 0 Å². The molecule has 0 saturated heterocycles. The van der Waals surface area contributed by atoms with Gasteiger partial charge >= 0.3 is 0 Å². The fourth-order valence-corrected chi connectivity index (χ4v) is 1.61. The number of nitrogens with one attached hydrogen (secondary N) is 1. The lowest BCUT2D eigenvalue weighted by molar-refractivity contribution is 0.859. The highest BCUT2D eigenvalue weighted by molar-refractivity contribution is 5.82. The lowest BCUT2D eigenvalue weighted by Crippen LogP contribution is -2.07. The molecule has 0 aliphatic heterocycles. The molecule has 2 aromatic rings. The lowest BCUT2D eigenvalue weighted by Gasteiger charge is -1.96. The summed E-state index contributed by atoms with van der Waals surface area (Å²) in [4.78, 5) is 0. The second-order valence-electron chi connectivity index (χ2n) is 4.16. The zero-order valence-corrected chi connectivity index (χ0v) is 13.0. The molecule has 0 unspecified atom stereocenters. The van der Waals surface area contributed by atoms with Gasteiger partial charge in [-0.1, -0.05) is 68.5 Å². The minimum Gasteiger partial charge on any atom is -0.389 e. The van der Waals surface area contributed by atoms with E-state index in [0.29, 0.717) is 0 Å². The van der Waals surface area contributed by atoms with E-state index in [1.54, 1.807) is 0 Å². The summed E-state index contributed by atoms with van der Waals surface area (Å²) in [6, 6.07) is 14.9. The van der Waals surface area contributed by atoms with Crippen molar-refractivity contribution in [3.05, 3.63) is 60.3 Å². The van der Waals surface area contributed by atoms with E-state index in [4.69, 9.17) is 0 Å². The Morgan fingerprint density at radius 3 is 2.11 bits per heavy atom. The number of aryl methyl sites for hydroxylation is 1. The number of hydrogen-bond acceptors (Lipinski definition) is 1. The van der Waals surface area contributed by atoms with Crippen molar-refractivity contribution in [1.29, 1.82) is 0 Å². The monoisotopic (exact) mass is 257 g/mol. The average Bonchev–Trinajstić information content (AvgIpc) is 2.41. The molecule has 0 spiro atoms. The van der Waals surface area contributed by atoms with Crippen molar-refractivity contribution in [3.8, 4) is 0 Å². The highest BCUT2D eigenvalue weighted by atomic mass is 14.8. The van der Waals surface area contributed by atoms with E-state index in [9.17, 15) is 0 Å². The Hall–Kier alpha value is -1.76. The Labute approximate surface area is 118 Å². The van der Waals surface area contributed by atoms with Gasteiger partial charge in [0.2, 0.25) is 0 Å². The molecule has 1 N–H and O–H groups in total. The second kappa shape index (κ2) is 10.2. The maximum absolute atomic E-state index is 3.63. The first-order valence-electron chi connectivity index (χ1n) is 6.98. The van der Waals surface area contributed by atoms with E-state index in [-0.39, 0.29) is 0 Å². The van der Waals surface area contributed by atoms with Crippen molar-refractivity contribution in [2.24, 2.45) is 0 Å². The molecule has 0 atom stereocenters. The molecule has 19 heavy (non-hydrogen) atoms. The Kier molecular flexibility index (Phi) is 9.25. The largest absolute Gasteiger partial charge is 0.389 e. The van der Waals surface area contributed by atoms with E-state index in [1.807, 2.05) is 20.8 Å². The van der Waals surface area contributed by atoms with Crippen LogP contribution in [0.15, 0.2) is 54.7 Å². The molecule has 0 bridgehead atoms. The molecule has 0 fully saturated rings. The summed E-state index contributed by atoms with van der Waals surface area (Å²) in [5.74, 6) is 0. The number of benzene rings is 2. The van der Waals surface area contributed by atoms with Gasteiger partial charge in [0.25, 0.3) is 0 Å². The topological polar surface area (TPSA) is 12.0 Å². The predicted octanol–water partition coefficient (Wildman–Crippen LogP) is 5.30. The summed E-state index contributed by atoms with van der Waals surface area (Å²) < 4.78 is 0.